The van der Waals surface area contributed by atoms with Crippen molar-refractivity contribution in [3.05, 3.63) is 35.1 Å². The molecule has 18 heavy (non-hydrogen) atoms. The Morgan fingerprint density at radius 2 is 2.17 bits per heavy atom. The third-order valence-corrected chi connectivity index (χ3v) is 3.23. The molecule has 0 bridgehead atoms. The maximum Gasteiger partial charge on any atom is 0.134 e. The van der Waals surface area contributed by atoms with Crippen molar-refractivity contribution in [3.63, 3.8) is 0 Å². The van der Waals surface area contributed by atoms with Gasteiger partial charge in [-0.25, -0.2) is 0 Å². The van der Waals surface area contributed by atoms with Crippen molar-refractivity contribution < 1.29 is 9.15 Å². The Bertz CT molecular complexity index is 516. The lowest BCUT2D eigenvalue weighted by Crippen LogP contribution is -1.99. The van der Waals surface area contributed by atoms with E-state index in [1.54, 1.807) is 7.11 Å². The van der Waals surface area contributed by atoms with Crippen LogP contribution in [0.2, 0.25) is 0 Å². The Morgan fingerprint density at radius 1 is 1.33 bits per heavy atom. The Hall–Kier alpha value is -1.32. The van der Waals surface area contributed by atoms with Gasteiger partial charge in [-0.15, -0.1) is 0 Å². The summed E-state index contributed by atoms with van der Waals surface area (Å²) in [6.07, 6.45) is 3.54. The first-order valence-electron chi connectivity index (χ1n) is 6.52. The number of methoxy groups -OCH3 is 1. The third-order valence-electron chi connectivity index (χ3n) is 3.23. The predicted molar refractivity (Wildman–Crippen MR) is 73.4 cm³/mol. The molecule has 0 aliphatic carbocycles. The Balaban J connectivity index is 2.42. The quantitative estimate of drug-likeness (QED) is 0.851. The number of hydrogen-bond acceptors (Lipinski definition) is 3. The Labute approximate surface area is 108 Å². The highest BCUT2D eigenvalue weighted by molar-refractivity contribution is 5.83. The van der Waals surface area contributed by atoms with Gasteiger partial charge in [-0.2, -0.15) is 0 Å². The van der Waals surface area contributed by atoms with Crippen molar-refractivity contribution in [2.75, 3.05) is 7.11 Å². The molecule has 2 aromatic rings. The molecule has 0 unspecified atom stereocenters. The summed E-state index contributed by atoms with van der Waals surface area (Å²) in [6, 6.07) is 6.39. The number of furan rings is 1. The van der Waals surface area contributed by atoms with Crippen molar-refractivity contribution in [2.24, 2.45) is 5.73 Å². The number of aryl methyl sites for hydroxylation is 1. The summed E-state index contributed by atoms with van der Waals surface area (Å²) in [4.78, 5) is 0. The minimum absolute atomic E-state index is 0.414. The number of benzene rings is 1. The minimum Gasteiger partial charge on any atom is -0.459 e. The van der Waals surface area contributed by atoms with E-state index in [-0.39, 0.29) is 0 Å². The highest BCUT2D eigenvalue weighted by atomic mass is 16.5. The fourth-order valence-electron chi connectivity index (χ4n) is 2.25. The molecule has 3 heteroatoms. The predicted octanol–water partition coefficient (Wildman–Crippen LogP) is 3.38. The van der Waals surface area contributed by atoms with Crippen LogP contribution >= 0.6 is 0 Å². The van der Waals surface area contributed by atoms with Crippen LogP contribution in [0, 0.1) is 0 Å². The molecule has 0 radical (unpaired) electrons. The maximum atomic E-state index is 5.76. The normalized spacial score (nSPS) is 11.3. The minimum atomic E-state index is 0.414. The smallest absolute Gasteiger partial charge is 0.134 e. The maximum absolute atomic E-state index is 5.76. The van der Waals surface area contributed by atoms with Crippen molar-refractivity contribution in [1.82, 2.24) is 0 Å². The Kier molecular flexibility index (Phi) is 4.39. The van der Waals surface area contributed by atoms with Gasteiger partial charge in [0.1, 0.15) is 11.3 Å². The number of rotatable bonds is 6. The second kappa shape index (κ2) is 6.03. The van der Waals surface area contributed by atoms with Crippen LogP contribution in [-0.2, 0) is 24.3 Å². The van der Waals surface area contributed by atoms with Crippen molar-refractivity contribution in [3.8, 4) is 0 Å². The molecular formula is C15H21NO2. The van der Waals surface area contributed by atoms with Crippen LogP contribution in [-0.4, -0.2) is 7.11 Å². The molecule has 0 atom stereocenters. The summed E-state index contributed by atoms with van der Waals surface area (Å²) in [5.41, 5.74) is 9.06. The summed E-state index contributed by atoms with van der Waals surface area (Å²) >= 11 is 0. The molecule has 3 nitrogen and oxygen atoms in total. The molecule has 1 heterocycles. The van der Waals surface area contributed by atoms with Crippen molar-refractivity contribution in [1.29, 1.82) is 0 Å². The molecular weight excluding hydrogens is 226 g/mol. The van der Waals surface area contributed by atoms with E-state index in [4.69, 9.17) is 14.9 Å². The second-order valence-corrected chi connectivity index (χ2v) is 4.57. The molecule has 0 spiro atoms. The molecule has 0 aliphatic heterocycles. The lowest BCUT2D eigenvalue weighted by atomic mass is 10.0. The van der Waals surface area contributed by atoms with E-state index in [1.807, 2.05) is 6.07 Å². The summed E-state index contributed by atoms with van der Waals surface area (Å²) < 4.78 is 11.0. The van der Waals surface area contributed by atoms with E-state index in [9.17, 15) is 0 Å². The first-order valence-corrected chi connectivity index (χ1v) is 6.52. The van der Waals surface area contributed by atoms with Gasteiger partial charge in [0.15, 0.2) is 0 Å². The fourth-order valence-corrected chi connectivity index (χ4v) is 2.25. The van der Waals surface area contributed by atoms with E-state index in [0.29, 0.717) is 13.2 Å². The summed E-state index contributed by atoms with van der Waals surface area (Å²) in [5.74, 6) is 0.833. The summed E-state index contributed by atoms with van der Waals surface area (Å²) in [6.45, 7) is 3.17. The van der Waals surface area contributed by atoms with E-state index < -0.39 is 0 Å². The standard InChI is InChI=1S/C15H21NO2/c1-3-4-5-11-6-7-14-12(8-11)13(10-17-2)15(9-16)18-14/h6-8H,3-5,9-10,16H2,1-2H3. The van der Waals surface area contributed by atoms with Crippen LogP contribution in [0.4, 0.5) is 0 Å². The number of unbranched alkanes of at least 4 members (excludes halogenated alkanes) is 1. The third kappa shape index (κ3) is 2.57. The topological polar surface area (TPSA) is 48.4 Å². The van der Waals surface area contributed by atoms with Crippen molar-refractivity contribution in [2.45, 2.75) is 39.3 Å². The van der Waals surface area contributed by atoms with E-state index in [2.05, 4.69) is 19.1 Å². The SMILES string of the molecule is CCCCc1ccc2oc(CN)c(COC)c2c1. The second-order valence-electron chi connectivity index (χ2n) is 4.57. The molecule has 0 saturated heterocycles. The van der Waals surface area contributed by atoms with Gasteiger partial charge in [0.05, 0.1) is 13.2 Å². The molecule has 0 fully saturated rings. The number of ether oxygens (including phenoxy) is 1. The van der Waals surface area contributed by atoms with Crippen LogP contribution in [0.5, 0.6) is 0 Å². The van der Waals surface area contributed by atoms with Crippen LogP contribution < -0.4 is 5.73 Å². The molecule has 0 saturated carbocycles. The molecule has 2 N–H and O–H groups in total. The summed E-state index contributed by atoms with van der Waals surface area (Å²) in [5, 5.41) is 1.14. The Morgan fingerprint density at radius 3 is 2.83 bits per heavy atom. The highest BCUT2D eigenvalue weighted by Gasteiger charge is 2.13. The van der Waals surface area contributed by atoms with Crippen LogP contribution in [0.15, 0.2) is 22.6 Å². The van der Waals surface area contributed by atoms with Gasteiger partial charge < -0.3 is 14.9 Å². The zero-order chi connectivity index (χ0) is 13.0. The average molecular weight is 247 g/mol. The average Bonchev–Trinajstić information content (AvgIpc) is 2.74. The van der Waals surface area contributed by atoms with Gasteiger partial charge in [-0.3, -0.25) is 0 Å². The lowest BCUT2D eigenvalue weighted by molar-refractivity contribution is 0.184. The fraction of sp³-hybridized carbons (Fsp3) is 0.467. The van der Waals surface area contributed by atoms with Gasteiger partial charge in [-0.1, -0.05) is 19.4 Å². The zero-order valence-electron chi connectivity index (χ0n) is 11.2. The van der Waals surface area contributed by atoms with E-state index in [1.165, 1.54) is 18.4 Å². The van der Waals surface area contributed by atoms with Crippen LogP contribution in [0.25, 0.3) is 11.0 Å². The number of hydrogen-bond donors (Lipinski definition) is 1. The molecule has 1 aromatic heterocycles. The molecule has 1 aromatic carbocycles. The van der Waals surface area contributed by atoms with E-state index >= 15 is 0 Å². The lowest BCUT2D eigenvalue weighted by Gasteiger charge is -2.02. The van der Waals surface area contributed by atoms with E-state index in [0.717, 1.165) is 28.7 Å². The van der Waals surface area contributed by atoms with Crippen LogP contribution in [0.1, 0.15) is 36.7 Å². The van der Waals surface area contributed by atoms with Gasteiger partial charge in [0.2, 0.25) is 0 Å². The van der Waals surface area contributed by atoms with Gasteiger partial charge in [0, 0.05) is 18.1 Å². The van der Waals surface area contributed by atoms with Gasteiger partial charge >= 0.3 is 0 Å². The monoisotopic (exact) mass is 247 g/mol. The van der Waals surface area contributed by atoms with Gasteiger partial charge in [0.25, 0.3) is 0 Å². The number of fused-ring (bicyclic) bond motifs is 1. The largest absolute Gasteiger partial charge is 0.459 e. The van der Waals surface area contributed by atoms with Gasteiger partial charge in [-0.05, 0) is 30.5 Å². The molecule has 98 valence electrons. The first-order chi connectivity index (χ1) is 8.80. The molecule has 0 aliphatic rings. The summed E-state index contributed by atoms with van der Waals surface area (Å²) in [7, 11) is 1.69. The number of nitrogens with two attached hydrogens (primary N) is 1. The molecule has 2 rings (SSSR count). The first kappa shape index (κ1) is 13.1. The zero-order valence-corrected chi connectivity index (χ0v) is 11.2. The van der Waals surface area contributed by atoms with Crippen molar-refractivity contribution >= 4 is 11.0 Å². The highest BCUT2D eigenvalue weighted by Crippen LogP contribution is 2.28. The molecule has 0 amide bonds. The van der Waals surface area contributed by atoms with Crippen LogP contribution in [0.3, 0.4) is 0 Å².